The second-order valence-corrected chi connectivity index (χ2v) is 8.96. The lowest BCUT2D eigenvalue weighted by atomic mass is 10.1. The van der Waals surface area contributed by atoms with Crippen molar-refractivity contribution in [2.75, 3.05) is 39.5 Å². The Morgan fingerprint density at radius 1 is 0.871 bits per heavy atom. The molecule has 0 amide bonds. The highest BCUT2D eigenvalue weighted by molar-refractivity contribution is 14.0. The van der Waals surface area contributed by atoms with E-state index in [4.69, 9.17) is 0 Å². The Labute approximate surface area is 203 Å². The van der Waals surface area contributed by atoms with Crippen molar-refractivity contribution in [1.82, 2.24) is 20.3 Å². The minimum Gasteiger partial charge on any atom is -0.356 e. The number of benzene rings is 2. The molecule has 3 N–H and O–H groups in total. The number of aliphatic imine (C=N–C) groups is 1. The molecule has 0 aromatic heterocycles. The molecule has 172 valence electrons. The van der Waals surface area contributed by atoms with Crippen LogP contribution in [0.15, 0.2) is 65.7 Å². The summed E-state index contributed by atoms with van der Waals surface area (Å²) in [7, 11) is -1.46. The third-order valence-corrected chi connectivity index (χ3v) is 5.18. The highest BCUT2D eigenvalue weighted by atomic mass is 127. The number of hydrogen-bond donors (Lipinski definition) is 3. The van der Waals surface area contributed by atoms with Gasteiger partial charge in [-0.15, -0.1) is 24.0 Å². The minimum absolute atomic E-state index is 0. The third-order valence-electron chi connectivity index (χ3n) is 4.45. The summed E-state index contributed by atoms with van der Waals surface area (Å²) in [5.41, 5.74) is 2.61. The van der Waals surface area contributed by atoms with E-state index in [0.29, 0.717) is 19.0 Å². The maximum atomic E-state index is 11.1. The van der Waals surface area contributed by atoms with Crippen LogP contribution in [0.3, 0.4) is 0 Å². The second kappa shape index (κ2) is 15.2. The first-order chi connectivity index (χ1) is 14.5. The largest absolute Gasteiger partial charge is 0.356 e. The normalized spacial score (nSPS) is 11.8. The quantitative estimate of drug-likeness (QED) is 0.161. The molecule has 0 radical (unpaired) electrons. The number of guanidine groups is 1. The SMILES string of the molecule is CN=C(NCCCN(Cc1ccccc1)Cc1ccccc1)NCCNS(C)(=O)=O.I. The molecule has 0 fully saturated rings. The lowest BCUT2D eigenvalue weighted by molar-refractivity contribution is 0.254. The van der Waals surface area contributed by atoms with E-state index in [2.05, 4.69) is 73.8 Å². The summed E-state index contributed by atoms with van der Waals surface area (Å²) < 4.78 is 24.6. The number of sulfonamides is 1. The standard InChI is InChI=1S/C22H33N5O2S.HI/c1-23-22(25-15-16-26-30(2,28)29)24-14-9-17-27(18-20-10-5-3-6-11-20)19-21-12-7-4-8-13-21;/h3-8,10-13,26H,9,14-19H2,1-2H3,(H2,23,24,25);1H. The van der Waals surface area contributed by atoms with Gasteiger partial charge >= 0.3 is 0 Å². The fourth-order valence-electron chi connectivity index (χ4n) is 3.04. The van der Waals surface area contributed by atoms with Crippen LogP contribution in [-0.4, -0.2) is 58.8 Å². The molecule has 0 spiro atoms. The maximum absolute atomic E-state index is 11.1. The average Bonchev–Trinajstić information content (AvgIpc) is 2.73. The molecule has 0 aliphatic carbocycles. The fourth-order valence-corrected chi connectivity index (χ4v) is 3.52. The molecule has 0 atom stereocenters. The van der Waals surface area contributed by atoms with Gasteiger partial charge in [-0.1, -0.05) is 60.7 Å². The average molecular weight is 560 g/mol. The number of rotatable bonds is 12. The Bertz CT molecular complexity index is 822. The first-order valence-corrected chi connectivity index (χ1v) is 12.0. The predicted molar refractivity (Wildman–Crippen MR) is 139 cm³/mol. The molecule has 0 heterocycles. The Kier molecular flexibility index (Phi) is 13.4. The molecule has 0 saturated carbocycles. The van der Waals surface area contributed by atoms with Crippen molar-refractivity contribution in [2.24, 2.45) is 4.99 Å². The van der Waals surface area contributed by atoms with Crippen molar-refractivity contribution < 1.29 is 8.42 Å². The van der Waals surface area contributed by atoms with Gasteiger partial charge in [0, 0.05) is 46.3 Å². The molecule has 0 saturated heterocycles. The van der Waals surface area contributed by atoms with Gasteiger partial charge in [0.2, 0.25) is 10.0 Å². The zero-order chi connectivity index (χ0) is 21.7. The first-order valence-electron chi connectivity index (χ1n) is 10.2. The van der Waals surface area contributed by atoms with Crippen LogP contribution in [-0.2, 0) is 23.1 Å². The van der Waals surface area contributed by atoms with Gasteiger partial charge < -0.3 is 10.6 Å². The Balaban J connectivity index is 0.00000480. The number of nitrogens with one attached hydrogen (secondary N) is 3. The van der Waals surface area contributed by atoms with Crippen LogP contribution >= 0.6 is 24.0 Å². The topological polar surface area (TPSA) is 85.8 Å². The molecule has 2 aromatic carbocycles. The van der Waals surface area contributed by atoms with E-state index in [1.54, 1.807) is 7.05 Å². The Morgan fingerprint density at radius 3 is 1.87 bits per heavy atom. The lowest BCUT2D eigenvalue weighted by Gasteiger charge is -2.23. The van der Waals surface area contributed by atoms with Crippen LogP contribution in [0.2, 0.25) is 0 Å². The van der Waals surface area contributed by atoms with Gasteiger partial charge in [0.05, 0.1) is 6.26 Å². The Hall–Kier alpha value is -1.69. The van der Waals surface area contributed by atoms with Gasteiger partial charge in [-0.3, -0.25) is 9.89 Å². The summed E-state index contributed by atoms with van der Waals surface area (Å²) in [6, 6.07) is 21.0. The van der Waals surface area contributed by atoms with Gasteiger partial charge in [0.1, 0.15) is 0 Å². The van der Waals surface area contributed by atoms with Crippen molar-refractivity contribution in [2.45, 2.75) is 19.5 Å². The van der Waals surface area contributed by atoms with E-state index in [0.717, 1.165) is 38.9 Å². The summed E-state index contributed by atoms with van der Waals surface area (Å²) in [6.07, 6.45) is 2.11. The molecule has 2 aromatic rings. The molecule has 0 aliphatic heterocycles. The van der Waals surface area contributed by atoms with E-state index >= 15 is 0 Å². The molecule has 7 nitrogen and oxygen atoms in total. The Morgan fingerprint density at radius 2 is 1.39 bits per heavy atom. The van der Waals surface area contributed by atoms with Crippen LogP contribution in [0.5, 0.6) is 0 Å². The van der Waals surface area contributed by atoms with Gasteiger partial charge in [-0.05, 0) is 17.5 Å². The second-order valence-electron chi connectivity index (χ2n) is 7.13. The molecule has 0 bridgehead atoms. The van der Waals surface area contributed by atoms with E-state index in [1.165, 1.54) is 11.1 Å². The molecule has 31 heavy (non-hydrogen) atoms. The minimum atomic E-state index is -3.17. The van der Waals surface area contributed by atoms with Gasteiger partial charge in [-0.25, -0.2) is 13.1 Å². The fraction of sp³-hybridized carbons (Fsp3) is 0.409. The molecular formula is C22H34IN5O2S. The van der Waals surface area contributed by atoms with E-state index in [9.17, 15) is 8.42 Å². The van der Waals surface area contributed by atoms with Gasteiger partial charge in [0.25, 0.3) is 0 Å². The number of halogens is 1. The smallest absolute Gasteiger partial charge is 0.208 e. The highest BCUT2D eigenvalue weighted by Gasteiger charge is 2.07. The van der Waals surface area contributed by atoms with Gasteiger partial charge in [-0.2, -0.15) is 0 Å². The molecular weight excluding hydrogens is 525 g/mol. The monoisotopic (exact) mass is 559 g/mol. The summed E-state index contributed by atoms with van der Waals surface area (Å²) in [4.78, 5) is 6.62. The van der Waals surface area contributed by atoms with Crippen molar-refractivity contribution in [3.8, 4) is 0 Å². The zero-order valence-electron chi connectivity index (χ0n) is 18.3. The molecule has 9 heteroatoms. The van der Waals surface area contributed by atoms with Crippen molar-refractivity contribution in [3.63, 3.8) is 0 Å². The lowest BCUT2D eigenvalue weighted by Crippen LogP contribution is -2.42. The maximum Gasteiger partial charge on any atom is 0.208 e. The summed E-state index contributed by atoms with van der Waals surface area (Å²) >= 11 is 0. The molecule has 0 aliphatic rings. The van der Waals surface area contributed by atoms with E-state index in [1.807, 2.05) is 12.1 Å². The molecule has 2 rings (SSSR count). The molecule has 0 unspecified atom stereocenters. The van der Waals surface area contributed by atoms with Crippen molar-refractivity contribution >= 4 is 40.0 Å². The van der Waals surface area contributed by atoms with Crippen LogP contribution in [0, 0.1) is 0 Å². The van der Waals surface area contributed by atoms with E-state index < -0.39 is 10.0 Å². The third kappa shape index (κ3) is 12.7. The van der Waals surface area contributed by atoms with Crippen LogP contribution in [0.25, 0.3) is 0 Å². The van der Waals surface area contributed by atoms with Crippen LogP contribution in [0.4, 0.5) is 0 Å². The van der Waals surface area contributed by atoms with Crippen LogP contribution < -0.4 is 15.4 Å². The summed E-state index contributed by atoms with van der Waals surface area (Å²) in [6.45, 7) is 4.32. The van der Waals surface area contributed by atoms with E-state index in [-0.39, 0.29) is 24.0 Å². The van der Waals surface area contributed by atoms with Crippen LogP contribution in [0.1, 0.15) is 17.5 Å². The first kappa shape index (κ1) is 27.3. The summed E-state index contributed by atoms with van der Waals surface area (Å²) in [5, 5.41) is 6.39. The van der Waals surface area contributed by atoms with Crippen molar-refractivity contribution in [3.05, 3.63) is 71.8 Å². The number of hydrogen-bond acceptors (Lipinski definition) is 4. The highest BCUT2D eigenvalue weighted by Crippen LogP contribution is 2.10. The van der Waals surface area contributed by atoms with Gasteiger partial charge in [0.15, 0.2) is 5.96 Å². The predicted octanol–water partition coefficient (Wildman–Crippen LogP) is 2.41. The summed E-state index contributed by atoms with van der Waals surface area (Å²) in [5.74, 6) is 0.669. The van der Waals surface area contributed by atoms with Crippen molar-refractivity contribution in [1.29, 1.82) is 0 Å². The number of nitrogens with zero attached hydrogens (tertiary/aromatic N) is 2. The zero-order valence-corrected chi connectivity index (χ0v) is 21.4.